The van der Waals surface area contributed by atoms with Crippen molar-refractivity contribution >= 4 is 9.84 Å². The van der Waals surface area contributed by atoms with Crippen LogP contribution in [0.2, 0.25) is 0 Å². The predicted octanol–water partition coefficient (Wildman–Crippen LogP) is 4.05. The van der Waals surface area contributed by atoms with Gasteiger partial charge in [0.1, 0.15) is 5.82 Å². The molecular weight excluding hydrogens is 275 g/mol. The van der Waals surface area contributed by atoms with Crippen LogP contribution in [0, 0.1) is 11.7 Å². The fourth-order valence-electron chi connectivity index (χ4n) is 2.97. The molecule has 0 saturated heterocycles. The molecule has 2 nitrogen and oxygen atoms in total. The van der Waals surface area contributed by atoms with Crippen LogP contribution in [-0.4, -0.2) is 13.7 Å². The van der Waals surface area contributed by atoms with E-state index in [1.54, 1.807) is 26.0 Å². The predicted molar refractivity (Wildman–Crippen MR) is 79.7 cm³/mol. The second kappa shape index (κ2) is 5.68. The van der Waals surface area contributed by atoms with E-state index in [4.69, 9.17) is 0 Å². The summed E-state index contributed by atoms with van der Waals surface area (Å²) in [6, 6.07) is 6.38. The molecule has 0 heterocycles. The van der Waals surface area contributed by atoms with Crippen LogP contribution in [0.3, 0.4) is 0 Å². The largest absolute Gasteiger partial charge is 0.224 e. The van der Waals surface area contributed by atoms with Crippen LogP contribution in [0.4, 0.5) is 4.39 Å². The molecule has 0 N–H and O–H groups in total. The molecule has 2 atom stereocenters. The molecule has 0 aromatic heterocycles. The molecule has 2 rings (SSSR count). The molecule has 1 aliphatic carbocycles. The molecule has 1 aromatic carbocycles. The van der Waals surface area contributed by atoms with Gasteiger partial charge in [-0.25, -0.2) is 12.8 Å². The first-order valence-electron chi connectivity index (χ1n) is 7.02. The molecule has 0 amide bonds. The zero-order chi connectivity index (χ0) is 14.9. The summed E-state index contributed by atoms with van der Waals surface area (Å²) in [6.45, 7) is 7.23. The Kier molecular flexibility index (Phi) is 4.33. The van der Waals surface area contributed by atoms with Gasteiger partial charge >= 0.3 is 0 Å². The fourth-order valence-corrected chi connectivity index (χ4v) is 4.28. The highest BCUT2D eigenvalue weighted by molar-refractivity contribution is 7.95. The minimum absolute atomic E-state index is 0.0483. The van der Waals surface area contributed by atoms with E-state index in [1.165, 1.54) is 12.1 Å². The maximum absolute atomic E-state index is 13.0. The van der Waals surface area contributed by atoms with Crippen molar-refractivity contribution in [1.29, 1.82) is 0 Å². The molecule has 1 fully saturated rings. The van der Waals surface area contributed by atoms with E-state index < -0.39 is 15.1 Å². The van der Waals surface area contributed by atoms with Gasteiger partial charge in [-0.2, -0.15) is 0 Å². The van der Waals surface area contributed by atoms with Crippen molar-refractivity contribution in [2.45, 2.75) is 44.3 Å². The van der Waals surface area contributed by atoms with Gasteiger partial charge in [-0.15, -0.1) is 0 Å². The van der Waals surface area contributed by atoms with Crippen molar-refractivity contribution in [3.05, 3.63) is 47.1 Å². The third-order valence-corrected chi connectivity index (χ3v) is 6.49. The lowest BCUT2D eigenvalue weighted by Gasteiger charge is -2.23. The van der Waals surface area contributed by atoms with E-state index in [2.05, 4.69) is 6.58 Å². The summed E-state index contributed by atoms with van der Waals surface area (Å²) in [5.41, 5.74) is 1.01. The van der Waals surface area contributed by atoms with Crippen molar-refractivity contribution in [3.63, 3.8) is 0 Å². The van der Waals surface area contributed by atoms with E-state index >= 15 is 0 Å². The summed E-state index contributed by atoms with van der Waals surface area (Å²) in [5.74, 6) is -0.179. The molecular formula is C16H21FO2S. The topological polar surface area (TPSA) is 34.1 Å². The normalized spacial score (nSPS) is 23.2. The van der Waals surface area contributed by atoms with E-state index in [0.717, 1.165) is 24.8 Å². The molecule has 1 aromatic rings. The van der Waals surface area contributed by atoms with Crippen molar-refractivity contribution in [2.24, 2.45) is 5.92 Å². The molecule has 1 aliphatic rings. The quantitative estimate of drug-likeness (QED) is 0.840. The summed E-state index contributed by atoms with van der Waals surface area (Å²) in [4.78, 5) is 0.347. The summed E-state index contributed by atoms with van der Waals surface area (Å²) < 4.78 is 37.6. The van der Waals surface area contributed by atoms with Gasteiger partial charge in [-0.1, -0.05) is 25.1 Å². The molecule has 0 unspecified atom stereocenters. The summed E-state index contributed by atoms with van der Waals surface area (Å²) in [6.07, 6.45) is 2.76. The second-order valence-electron chi connectivity index (χ2n) is 5.76. The zero-order valence-electron chi connectivity index (χ0n) is 12.0. The number of hydrogen-bond donors (Lipinski definition) is 0. The molecule has 20 heavy (non-hydrogen) atoms. The number of halogens is 1. The highest BCUT2D eigenvalue weighted by Crippen LogP contribution is 2.45. The Balaban J connectivity index is 2.28. The Hall–Kier alpha value is -1.16. The Morgan fingerprint density at radius 2 is 1.85 bits per heavy atom. The van der Waals surface area contributed by atoms with Crippen molar-refractivity contribution in [2.75, 3.05) is 0 Å². The number of hydrogen-bond acceptors (Lipinski definition) is 2. The van der Waals surface area contributed by atoms with Crippen LogP contribution in [0.5, 0.6) is 0 Å². The molecule has 1 saturated carbocycles. The van der Waals surface area contributed by atoms with Crippen LogP contribution < -0.4 is 0 Å². The highest BCUT2D eigenvalue weighted by Gasteiger charge is 2.36. The average Bonchev–Trinajstić information content (AvgIpc) is 2.87. The van der Waals surface area contributed by atoms with Gasteiger partial charge in [-0.05, 0) is 50.3 Å². The lowest BCUT2D eigenvalue weighted by molar-refractivity contribution is 0.550. The number of sulfone groups is 1. The van der Waals surface area contributed by atoms with Gasteiger partial charge < -0.3 is 0 Å². The van der Waals surface area contributed by atoms with Crippen LogP contribution in [0.15, 0.2) is 35.7 Å². The standard InChI is InChI=1S/C16H21FO2S/c1-11(2)20(18,19)12(3)15-5-4-6-16(15)13-7-9-14(17)10-8-13/h7-11,15-16H,3-6H2,1-2H3/t15-,16+/m0/s1. The van der Waals surface area contributed by atoms with Gasteiger partial charge in [0.05, 0.1) is 5.25 Å². The van der Waals surface area contributed by atoms with E-state index in [-0.39, 0.29) is 17.7 Å². The Morgan fingerprint density at radius 3 is 2.40 bits per heavy atom. The van der Waals surface area contributed by atoms with Crippen molar-refractivity contribution in [3.8, 4) is 0 Å². The Morgan fingerprint density at radius 1 is 1.25 bits per heavy atom. The van der Waals surface area contributed by atoms with Crippen LogP contribution in [0.25, 0.3) is 0 Å². The molecule has 4 heteroatoms. The molecule has 110 valence electrons. The lowest BCUT2D eigenvalue weighted by Crippen LogP contribution is -2.22. The third-order valence-electron chi connectivity index (χ3n) is 4.21. The third kappa shape index (κ3) is 2.80. The maximum Gasteiger partial charge on any atom is 0.176 e. The van der Waals surface area contributed by atoms with E-state index in [9.17, 15) is 12.8 Å². The molecule has 0 radical (unpaired) electrons. The fraction of sp³-hybridized carbons (Fsp3) is 0.500. The highest BCUT2D eigenvalue weighted by atomic mass is 32.2. The average molecular weight is 296 g/mol. The van der Waals surface area contributed by atoms with E-state index in [1.807, 2.05) is 0 Å². The van der Waals surface area contributed by atoms with Crippen LogP contribution >= 0.6 is 0 Å². The van der Waals surface area contributed by atoms with Gasteiger partial charge in [0.15, 0.2) is 9.84 Å². The second-order valence-corrected chi connectivity index (χ2v) is 8.31. The van der Waals surface area contributed by atoms with Crippen molar-refractivity contribution < 1.29 is 12.8 Å². The molecule has 0 aliphatic heterocycles. The van der Waals surface area contributed by atoms with E-state index in [0.29, 0.717) is 4.91 Å². The SMILES string of the molecule is C=C([C@@H]1CCC[C@@H]1c1ccc(F)cc1)S(=O)(=O)C(C)C. The minimum atomic E-state index is -3.28. The first-order chi connectivity index (χ1) is 9.34. The zero-order valence-corrected chi connectivity index (χ0v) is 12.8. The summed E-state index contributed by atoms with van der Waals surface area (Å²) in [5, 5.41) is -0.440. The maximum atomic E-state index is 13.0. The lowest BCUT2D eigenvalue weighted by atomic mass is 9.89. The summed E-state index contributed by atoms with van der Waals surface area (Å²) >= 11 is 0. The number of allylic oxidation sites excluding steroid dienone is 1. The van der Waals surface area contributed by atoms with Crippen molar-refractivity contribution in [1.82, 2.24) is 0 Å². The minimum Gasteiger partial charge on any atom is -0.224 e. The molecule has 0 spiro atoms. The monoisotopic (exact) mass is 296 g/mol. The smallest absolute Gasteiger partial charge is 0.176 e. The number of rotatable bonds is 4. The summed E-state index contributed by atoms with van der Waals surface area (Å²) in [7, 11) is -3.28. The Bertz CT molecular complexity index is 587. The van der Waals surface area contributed by atoms with Gasteiger partial charge in [0, 0.05) is 10.8 Å². The number of benzene rings is 1. The van der Waals surface area contributed by atoms with Gasteiger partial charge in [0.25, 0.3) is 0 Å². The Labute approximate surface area is 120 Å². The van der Waals surface area contributed by atoms with Crippen LogP contribution in [0.1, 0.15) is 44.6 Å². The van der Waals surface area contributed by atoms with Crippen LogP contribution in [-0.2, 0) is 9.84 Å². The molecule has 0 bridgehead atoms. The first-order valence-corrected chi connectivity index (χ1v) is 8.57. The van der Waals surface area contributed by atoms with Gasteiger partial charge in [0.2, 0.25) is 0 Å². The first kappa shape index (κ1) is 15.2. The van der Waals surface area contributed by atoms with Gasteiger partial charge in [-0.3, -0.25) is 0 Å².